The highest BCUT2D eigenvalue weighted by Gasteiger charge is 2.23. The van der Waals surface area contributed by atoms with Crippen LogP contribution in [0, 0.1) is 0 Å². The molecule has 0 spiro atoms. The SMILES string of the molecule is CCCCCOc1c(Cl)cc(C(=O)N2CCN(Cc3ccccc3)CC2)cc1Cl. The smallest absolute Gasteiger partial charge is 0.254 e. The van der Waals surface area contributed by atoms with Crippen LogP contribution in [0.1, 0.15) is 42.1 Å². The van der Waals surface area contributed by atoms with Crippen molar-refractivity contribution in [2.24, 2.45) is 0 Å². The minimum Gasteiger partial charge on any atom is -0.490 e. The lowest BCUT2D eigenvalue weighted by Gasteiger charge is -2.35. The molecule has 1 heterocycles. The number of carbonyl (C=O) groups excluding carboxylic acids is 1. The second-order valence-electron chi connectivity index (χ2n) is 7.38. The van der Waals surface area contributed by atoms with E-state index in [0.717, 1.165) is 38.9 Å². The lowest BCUT2D eigenvalue weighted by molar-refractivity contribution is 0.0628. The van der Waals surface area contributed by atoms with E-state index in [9.17, 15) is 4.79 Å². The van der Waals surface area contributed by atoms with E-state index in [2.05, 4.69) is 36.1 Å². The molecule has 0 atom stereocenters. The summed E-state index contributed by atoms with van der Waals surface area (Å²) in [6.45, 7) is 6.70. The number of ether oxygens (including phenoxy) is 1. The Labute approximate surface area is 183 Å². The van der Waals surface area contributed by atoms with Crippen LogP contribution in [0.25, 0.3) is 0 Å². The molecule has 6 heteroatoms. The molecule has 2 aromatic rings. The molecule has 0 unspecified atom stereocenters. The molecular weight excluding hydrogens is 407 g/mol. The van der Waals surface area contributed by atoms with Gasteiger partial charge in [0, 0.05) is 38.3 Å². The predicted octanol–water partition coefficient (Wildman–Crippen LogP) is 5.52. The van der Waals surface area contributed by atoms with Gasteiger partial charge >= 0.3 is 0 Å². The maximum Gasteiger partial charge on any atom is 0.254 e. The standard InChI is InChI=1S/C23H28Cl2N2O2/c1-2-3-7-14-29-22-20(24)15-19(16-21(22)25)23(28)27-12-10-26(11-13-27)17-18-8-5-4-6-9-18/h4-6,8-9,15-16H,2-3,7,10-14,17H2,1H3. The number of hydrogen-bond acceptors (Lipinski definition) is 3. The second kappa shape index (κ2) is 10.9. The van der Waals surface area contributed by atoms with Crippen LogP contribution in [0.3, 0.4) is 0 Å². The van der Waals surface area contributed by atoms with E-state index >= 15 is 0 Å². The van der Waals surface area contributed by atoms with Crippen molar-refractivity contribution in [3.05, 3.63) is 63.6 Å². The molecule has 1 fully saturated rings. The van der Waals surface area contributed by atoms with Crippen molar-refractivity contribution >= 4 is 29.1 Å². The number of unbranched alkanes of at least 4 members (excludes halogenated alkanes) is 2. The number of piperazine rings is 1. The third-order valence-electron chi connectivity index (χ3n) is 5.15. The van der Waals surface area contributed by atoms with E-state index in [1.165, 1.54) is 5.56 Å². The van der Waals surface area contributed by atoms with Crippen LogP contribution in [0.4, 0.5) is 0 Å². The fraction of sp³-hybridized carbons (Fsp3) is 0.435. The summed E-state index contributed by atoms with van der Waals surface area (Å²) in [7, 11) is 0. The largest absolute Gasteiger partial charge is 0.490 e. The zero-order valence-electron chi connectivity index (χ0n) is 16.9. The number of rotatable bonds is 8. The van der Waals surface area contributed by atoms with Gasteiger partial charge in [0.05, 0.1) is 16.7 Å². The van der Waals surface area contributed by atoms with Crippen molar-refractivity contribution in [3.63, 3.8) is 0 Å². The molecule has 0 radical (unpaired) electrons. The van der Waals surface area contributed by atoms with Crippen LogP contribution in [0.2, 0.25) is 10.0 Å². The molecule has 0 aliphatic carbocycles. The van der Waals surface area contributed by atoms with Crippen LogP contribution in [0.15, 0.2) is 42.5 Å². The molecule has 1 aliphatic heterocycles. The first-order valence-electron chi connectivity index (χ1n) is 10.3. The maximum absolute atomic E-state index is 12.9. The summed E-state index contributed by atoms with van der Waals surface area (Å²) < 4.78 is 5.73. The van der Waals surface area contributed by atoms with E-state index < -0.39 is 0 Å². The van der Waals surface area contributed by atoms with Crippen molar-refractivity contribution in [2.45, 2.75) is 32.7 Å². The lowest BCUT2D eigenvalue weighted by Crippen LogP contribution is -2.48. The van der Waals surface area contributed by atoms with Gasteiger partial charge < -0.3 is 9.64 Å². The molecule has 3 rings (SSSR count). The van der Waals surface area contributed by atoms with Gasteiger partial charge in [0.25, 0.3) is 5.91 Å². The van der Waals surface area contributed by atoms with Crippen molar-refractivity contribution in [3.8, 4) is 5.75 Å². The van der Waals surface area contributed by atoms with Gasteiger partial charge in [-0.2, -0.15) is 0 Å². The Balaban J connectivity index is 1.56. The molecule has 1 amide bonds. The molecule has 1 aliphatic rings. The highest BCUT2D eigenvalue weighted by atomic mass is 35.5. The fourth-order valence-electron chi connectivity index (χ4n) is 3.48. The molecule has 29 heavy (non-hydrogen) atoms. The van der Waals surface area contributed by atoms with Crippen molar-refractivity contribution in [1.29, 1.82) is 0 Å². The van der Waals surface area contributed by atoms with Gasteiger partial charge in [-0.15, -0.1) is 0 Å². The van der Waals surface area contributed by atoms with Crippen LogP contribution in [-0.2, 0) is 6.54 Å². The number of nitrogens with zero attached hydrogens (tertiary/aromatic N) is 2. The third kappa shape index (κ3) is 6.11. The third-order valence-corrected chi connectivity index (χ3v) is 5.71. The average Bonchev–Trinajstić information content (AvgIpc) is 2.73. The van der Waals surface area contributed by atoms with Crippen molar-refractivity contribution in [2.75, 3.05) is 32.8 Å². The van der Waals surface area contributed by atoms with E-state index in [1.54, 1.807) is 12.1 Å². The number of carbonyl (C=O) groups is 1. The van der Waals surface area contributed by atoms with Gasteiger partial charge in [-0.1, -0.05) is 73.3 Å². The molecule has 2 aromatic carbocycles. The highest BCUT2D eigenvalue weighted by molar-refractivity contribution is 6.37. The number of halogens is 2. The van der Waals surface area contributed by atoms with Gasteiger partial charge in [0.2, 0.25) is 0 Å². The maximum atomic E-state index is 12.9. The van der Waals surface area contributed by atoms with Crippen LogP contribution in [0.5, 0.6) is 5.75 Å². The van der Waals surface area contributed by atoms with E-state index in [4.69, 9.17) is 27.9 Å². The number of amides is 1. The zero-order valence-corrected chi connectivity index (χ0v) is 18.4. The Hall–Kier alpha value is -1.75. The van der Waals surface area contributed by atoms with Gasteiger partial charge in [-0.3, -0.25) is 9.69 Å². The van der Waals surface area contributed by atoms with E-state index in [-0.39, 0.29) is 5.91 Å². The summed E-state index contributed by atoms with van der Waals surface area (Å²) in [6.07, 6.45) is 3.18. The molecule has 0 saturated carbocycles. The quantitative estimate of drug-likeness (QED) is 0.512. The summed E-state index contributed by atoms with van der Waals surface area (Å²) in [5.41, 5.74) is 1.80. The Kier molecular flexibility index (Phi) is 8.22. The lowest BCUT2D eigenvalue weighted by atomic mass is 10.1. The fourth-order valence-corrected chi connectivity index (χ4v) is 4.08. The van der Waals surface area contributed by atoms with Gasteiger partial charge in [0.1, 0.15) is 0 Å². The molecule has 1 saturated heterocycles. The Bertz CT molecular complexity index is 783. The minimum atomic E-state index is -0.0364. The van der Waals surface area contributed by atoms with Gasteiger partial charge in [0.15, 0.2) is 5.75 Å². The summed E-state index contributed by atoms with van der Waals surface area (Å²) in [6, 6.07) is 13.7. The number of benzene rings is 2. The normalized spacial score (nSPS) is 14.8. The Morgan fingerprint density at radius 3 is 2.28 bits per heavy atom. The molecule has 0 N–H and O–H groups in total. The van der Waals surface area contributed by atoms with Gasteiger partial charge in [-0.25, -0.2) is 0 Å². The first kappa shape index (κ1) is 21.9. The highest BCUT2D eigenvalue weighted by Crippen LogP contribution is 2.35. The van der Waals surface area contributed by atoms with Crippen molar-refractivity contribution < 1.29 is 9.53 Å². The van der Waals surface area contributed by atoms with E-state index in [1.807, 2.05) is 11.0 Å². The summed E-state index contributed by atoms with van der Waals surface area (Å²) in [5.74, 6) is 0.430. The van der Waals surface area contributed by atoms with Crippen LogP contribution < -0.4 is 4.74 Å². The average molecular weight is 435 g/mol. The topological polar surface area (TPSA) is 32.8 Å². The molecule has 156 valence electrons. The van der Waals surface area contributed by atoms with E-state index in [0.29, 0.717) is 41.1 Å². The molecule has 4 nitrogen and oxygen atoms in total. The Morgan fingerprint density at radius 1 is 1.00 bits per heavy atom. The van der Waals surface area contributed by atoms with Gasteiger partial charge in [-0.05, 0) is 24.1 Å². The van der Waals surface area contributed by atoms with Crippen molar-refractivity contribution in [1.82, 2.24) is 9.80 Å². The minimum absolute atomic E-state index is 0.0364. The van der Waals surface area contributed by atoms with Crippen LogP contribution in [-0.4, -0.2) is 48.5 Å². The first-order chi connectivity index (χ1) is 14.1. The molecular formula is C23H28Cl2N2O2. The summed E-state index contributed by atoms with van der Waals surface area (Å²) in [4.78, 5) is 17.2. The second-order valence-corrected chi connectivity index (χ2v) is 8.19. The summed E-state index contributed by atoms with van der Waals surface area (Å²) >= 11 is 12.7. The number of hydrogen-bond donors (Lipinski definition) is 0. The first-order valence-corrected chi connectivity index (χ1v) is 11.0. The Morgan fingerprint density at radius 2 is 1.66 bits per heavy atom. The monoisotopic (exact) mass is 434 g/mol. The summed E-state index contributed by atoms with van der Waals surface area (Å²) in [5, 5.41) is 0.778. The molecule has 0 bridgehead atoms. The molecule has 0 aromatic heterocycles. The predicted molar refractivity (Wildman–Crippen MR) is 119 cm³/mol. The van der Waals surface area contributed by atoms with Crippen LogP contribution >= 0.6 is 23.2 Å². The zero-order chi connectivity index (χ0) is 20.6.